The van der Waals surface area contributed by atoms with Crippen molar-refractivity contribution in [2.75, 3.05) is 11.9 Å². The van der Waals surface area contributed by atoms with Gasteiger partial charge in [0.2, 0.25) is 5.95 Å². The maximum atomic E-state index is 13.0. The van der Waals surface area contributed by atoms with Gasteiger partial charge in [-0.05, 0) is 19.1 Å². The van der Waals surface area contributed by atoms with E-state index in [9.17, 15) is 9.18 Å². The summed E-state index contributed by atoms with van der Waals surface area (Å²) in [7, 11) is 0. The zero-order valence-electron chi connectivity index (χ0n) is 12.9. The summed E-state index contributed by atoms with van der Waals surface area (Å²) in [5, 5.41) is 9.22. The quantitative estimate of drug-likeness (QED) is 0.755. The first-order chi connectivity index (χ1) is 11.6. The molecule has 6 nitrogen and oxygen atoms in total. The average molecular weight is 326 g/mol. The molecule has 122 valence electrons. The number of anilines is 1. The SMILES string of the molecule is Cc1ccc(-c2nc(NC(=O)COc3cccc(F)c3)n[nH]2)cc1. The van der Waals surface area contributed by atoms with E-state index in [0.29, 0.717) is 5.82 Å². The Bertz CT molecular complexity index is 846. The molecule has 0 aliphatic carbocycles. The van der Waals surface area contributed by atoms with Gasteiger partial charge in [0.05, 0.1) is 0 Å². The predicted octanol–water partition coefficient (Wildman–Crippen LogP) is 2.94. The van der Waals surface area contributed by atoms with Crippen molar-refractivity contribution in [2.24, 2.45) is 0 Å². The fourth-order valence-corrected chi connectivity index (χ4v) is 2.02. The molecule has 0 aliphatic rings. The summed E-state index contributed by atoms with van der Waals surface area (Å²) < 4.78 is 18.2. The van der Waals surface area contributed by atoms with Crippen LogP contribution in [0.3, 0.4) is 0 Å². The third kappa shape index (κ3) is 3.95. The molecule has 1 aromatic heterocycles. The maximum Gasteiger partial charge on any atom is 0.264 e. The molecule has 0 atom stereocenters. The molecule has 2 N–H and O–H groups in total. The first-order valence-corrected chi connectivity index (χ1v) is 7.28. The Balaban J connectivity index is 1.58. The molecule has 7 heteroatoms. The van der Waals surface area contributed by atoms with Crippen LogP contribution >= 0.6 is 0 Å². The molecule has 0 saturated heterocycles. The molecule has 0 fully saturated rings. The number of hydrogen-bond donors (Lipinski definition) is 2. The van der Waals surface area contributed by atoms with Crippen molar-refractivity contribution in [1.29, 1.82) is 0 Å². The molecule has 0 spiro atoms. The van der Waals surface area contributed by atoms with Crippen LogP contribution in [-0.2, 0) is 4.79 Å². The lowest BCUT2D eigenvalue weighted by atomic mass is 10.1. The Kier molecular flexibility index (Phi) is 4.51. The minimum atomic E-state index is -0.436. The normalized spacial score (nSPS) is 10.4. The van der Waals surface area contributed by atoms with Gasteiger partial charge in [0.25, 0.3) is 5.91 Å². The minimum absolute atomic E-state index is 0.151. The lowest BCUT2D eigenvalue weighted by Crippen LogP contribution is -2.20. The number of aromatic nitrogens is 3. The lowest BCUT2D eigenvalue weighted by molar-refractivity contribution is -0.118. The predicted molar refractivity (Wildman–Crippen MR) is 87.1 cm³/mol. The van der Waals surface area contributed by atoms with E-state index in [1.807, 2.05) is 31.2 Å². The number of halogens is 1. The molecular weight excluding hydrogens is 311 g/mol. The number of benzene rings is 2. The summed E-state index contributed by atoms with van der Waals surface area (Å²) in [4.78, 5) is 16.0. The highest BCUT2D eigenvalue weighted by Crippen LogP contribution is 2.16. The molecule has 3 aromatic rings. The van der Waals surface area contributed by atoms with Gasteiger partial charge >= 0.3 is 0 Å². The van der Waals surface area contributed by atoms with Crippen LogP contribution in [0.15, 0.2) is 48.5 Å². The summed E-state index contributed by atoms with van der Waals surface area (Å²) in [6.07, 6.45) is 0. The summed E-state index contributed by atoms with van der Waals surface area (Å²) in [6, 6.07) is 13.3. The molecule has 24 heavy (non-hydrogen) atoms. The van der Waals surface area contributed by atoms with Crippen molar-refractivity contribution in [3.63, 3.8) is 0 Å². The maximum absolute atomic E-state index is 13.0. The van der Waals surface area contributed by atoms with E-state index in [1.54, 1.807) is 6.07 Å². The Morgan fingerprint density at radius 3 is 2.79 bits per heavy atom. The average Bonchev–Trinajstić information content (AvgIpc) is 3.02. The van der Waals surface area contributed by atoms with Crippen LogP contribution in [0, 0.1) is 12.7 Å². The second-order valence-corrected chi connectivity index (χ2v) is 5.17. The molecule has 3 rings (SSSR count). The summed E-state index contributed by atoms with van der Waals surface area (Å²) >= 11 is 0. The number of nitrogens with zero attached hydrogens (tertiary/aromatic N) is 2. The molecule has 0 bridgehead atoms. The Morgan fingerprint density at radius 2 is 2.04 bits per heavy atom. The van der Waals surface area contributed by atoms with Crippen LogP contribution in [0.1, 0.15) is 5.56 Å². The largest absolute Gasteiger partial charge is 0.484 e. The van der Waals surface area contributed by atoms with Gasteiger partial charge in [0, 0.05) is 11.6 Å². The number of H-pyrrole nitrogens is 1. The number of carbonyl (C=O) groups excluding carboxylic acids is 1. The van der Waals surface area contributed by atoms with E-state index >= 15 is 0 Å². The third-order valence-corrected chi connectivity index (χ3v) is 3.23. The fraction of sp³-hybridized carbons (Fsp3) is 0.118. The van der Waals surface area contributed by atoms with Crippen LogP contribution in [0.2, 0.25) is 0 Å². The second kappa shape index (κ2) is 6.91. The second-order valence-electron chi connectivity index (χ2n) is 5.17. The summed E-state index contributed by atoms with van der Waals surface area (Å²) in [5.74, 6) is 0.119. The van der Waals surface area contributed by atoms with Gasteiger partial charge in [0.1, 0.15) is 11.6 Å². The molecule has 1 amide bonds. The number of aryl methyl sites for hydroxylation is 1. The fourth-order valence-electron chi connectivity index (χ4n) is 2.02. The van der Waals surface area contributed by atoms with Gasteiger partial charge in [-0.1, -0.05) is 35.9 Å². The topological polar surface area (TPSA) is 79.9 Å². The molecule has 0 radical (unpaired) electrons. The smallest absolute Gasteiger partial charge is 0.264 e. The Labute approximate surface area is 137 Å². The molecule has 0 aliphatic heterocycles. The molecule has 0 saturated carbocycles. The van der Waals surface area contributed by atoms with Crippen molar-refractivity contribution >= 4 is 11.9 Å². The number of ether oxygens (including phenoxy) is 1. The van der Waals surface area contributed by atoms with E-state index in [-0.39, 0.29) is 18.3 Å². The van der Waals surface area contributed by atoms with E-state index in [2.05, 4.69) is 20.5 Å². The number of aromatic amines is 1. The number of rotatable bonds is 5. The van der Waals surface area contributed by atoms with E-state index in [0.717, 1.165) is 11.1 Å². The van der Waals surface area contributed by atoms with Gasteiger partial charge in [-0.25, -0.2) is 4.39 Å². The molecular formula is C17H15FN4O2. The van der Waals surface area contributed by atoms with Gasteiger partial charge in [-0.2, -0.15) is 4.98 Å². The minimum Gasteiger partial charge on any atom is -0.484 e. The van der Waals surface area contributed by atoms with Crippen molar-refractivity contribution in [1.82, 2.24) is 15.2 Å². The van der Waals surface area contributed by atoms with Crippen molar-refractivity contribution in [2.45, 2.75) is 6.92 Å². The van der Waals surface area contributed by atoms with E-state index in [1.165, 1.54) is 18.2 Å². The van der Waals surface area contributed by atoms with Crippen LogP contribution in [0.25, 0.3) is 11.4 Å². The molecule has 2 aromatic carbocycles. The highest BCUT2D eigenvalue weighted by atomic mass is 19.1. The van der Waals surface area contributed by atoms with Crippen LogP contribution < -0.4 is 10.1 Å². The molecule has 1 heterocycles. The first kappa shape index (κ1) is 15.7. The zero-order valence-corrected chi connectivity index (χ0v) is 12.9. The number of nitrogens with one attached hydrogen (secondary N) is 2. The monoisotopic (exact) mass is 326 g/mol. The number of amides is 1. The summed E-state index contributed by atoms with van der Waals surface area (Å²) in [5.41, 5.74) is 2.01. The van der Waals surface area contributed by atoms with Gasteiger partial charge in [-0.15, -0.1) is 5.10 Å². The van der Waals surface area contributed by atoms with Crippen molar-refractivity contribution in [3.8, 4) is 17.1 Å². The highest BCUT2D eigenvalue weighted by molar-refractivity contribution is 5.90. The molecule has 0 unspecified atom stereocenters. The van der Waals surface area contributed by atoms with Crippen LogP contribution in [0.4, 0.5) is 10.3 Å². The highest BCUT2D eigenvalue weighted by Gasteiger charge is 2.10. The van der Waals surface area contributed by atoms with E-state index in [4.69, 9.17) is 4.74 Å². The number of hydrogen-bond acceptors (Lipinski definition) is 4. The Morgan fingerprint density at radius 1 is 1.25 bits per heavy atom. The van der Waals surface area contributed by atoms with Crippen molar-refractivity contribution < 1.29 is 13.9 Å². The van der Waals surface area contributed by atoms with Crippen molar-refractivity contribution in [3.05, 3.63) is 59.9 Å². The van der Waals surface area contributed by atoms with Crippen LogP contribution in [-0.4, -0.2) is 27.7 Å². The number of carbonyl (C=O) groups is 1. The zero-order chi connectivity index (χ0) is 16.9. The summed E-state index contributed by atoms with van der Waals surface area (Å²) in [6.45, 7) is 1.73. The Hall–Kier alpha value is -3.22. The van der Waals surface area contributed by atoms with Gasteiger partial charge < -0.3 is 4.74 Å². The van der Waals surface area contributed by atoms with Gasteiger partial charge in [0.15, 0.2) is 12.4 Å². The third-order valence-electron chi connectivity index (χ3n) is 3.23. The first-order valence-electron chi connectivity index (χ1n) is 7.28. The van der Waals surface area contributed by atoms with Crippen LogP contribution in [0.5, 0.6) is 5.75 Å². The standard InChI is InChI=1S/C17H15FN4O2/c1-11-5-7-12(8-6-11)16-20-17(22-21-16)19-15(23)10-24-14-4-2-3-13(18)9-14/h2-9H,10H2,1H3,(H2,19,20,21,22,23). The van der Waals surface area contributed by atoms with Gasteiger partial charge in [-0.3, -0.25) is 15.2 Å². The lowest BCUT2D eigenvalue weighted by Gasteiger charge is -2.05. The van der Waals surface area contributed by atoms with E-state index < -0.39 is 11.7 Å².